The smallest absolute Gasteiger partial charge is 0.129 e. The van der Waals surface area contributed by atoms with Gasteiger partial charge < -0.3 is 0 Å². The second kappa shape index (κ2) is 2.98. The van der Waals surface area contributed by atoms with E-state index in [9.17, 15) is 11.7 Å². The van der Waals surface area contributed by atoms with Crippen molar-refractivity contribution in [2.24, 2.45) is 0 Å². The fraction of sp³-hybridized carbons (Fsp3) is 1.00. The molecule has 0 aliphatic carbocycles. The molecule has 10 heavy (non-hydrogen) atoms. The fourth-order valence-corrected chi connectivity index (χ4v) is 1.72. The quantitative estimate of drug-likeness (QED) is 0.571. The summed E-state index contributed by atoms with van der Waals surface area (Å²) in [5, 5.41) is 0. The summed E-state index contributed by atoms with van der Waals surface area (Å²) in [5.41, 5.74) is 0. The lowest BCUT2D eigenvalue weighted by Gasteiger charge is -2.39. The fourth-order valence-electron chi connectivity index (χ4n) is 0.573. The Bertz CT molecular complexity index is 101. The van der Waals surface area contributed by atoms with Crippen LogP contribution >= 0.6 is 10.7 Å². The zero-order valence-corrected chi connectivity index (χ0v) is 6.89. The van der Waals surface area contributed by atoms with Gasteiger partial charge in [0, 0.05) is 13.1 Å². The topological polar surface area (TPSA) is 24.1 Å². The molecule has 0 fully saturated rings. The maximum absolute atomic E-state index is 12.4. The molecule has 0 aliphatic rings. The van der Waals surface area contributed by atoms with Crippen molar-refractivity contribution in [2.45, 2.75) is 13.8 Å². The Balaban J connectivity index is 3.97. The molecule has 0 saturated heterocycles. The molecular weight excluding hydrogens is 165 g/mol. The first-order chi connectivity index (χ1) is 4.39. The van der Waals surface area contributed by atoms with Crippen LogP contribution in [0, 0.1) is 0 Å². The van der Waals surface area contributed by atoms with Gasteiger partial charge in [-0.1, -0.05) is 13.8 Å². The minimum absolute atomic E-state index is 0.0751. The number of rotatable bonds is 4. The Labute approximate surface area is 59.6 Å². The molecular formula is C4H13F3N2S. The van der Waals surface area contributed by atoms with Crippen LogP contribution in [0.25, 0.3) is 0 Å². The molecule has 0 atom stereocenters. The van der Waals surface area contributed by atoms with Gasteiger partial charge in [0.15, 0.2) is 0 Å². The van der Waals surface area contributed by atoms with Crippen molar-refractivity contribution in [3.8, 4) is 0 Å². The van der Waals surface area contributed by atoms with Crippen LogP contribution in [0.4, 0.5) is 11.7 Å². The molecule has 0 aliphatic heterocycles. The van der Waals surface area contributed by atoms with Gasteiger partial charge in [-0.3, -0.25) is 0 Å². The second-order valence-corrected chi connectivity index (χ2v) is 4.09. The third-order valence-electron chi connectivity index (χ3n) is 0.833. The van der Waals surface area contributed by atoms with Crippen LogP contribution in [-0.2, 0) is 0 Å². The van der Waals surface area contributed by atoms with E-state index >= 15 is 0 Å². The van der Waals surface area contributed by atoms with Gasteiger partial charge in [-0.2, -0.15) is 0 Å². The number of nitrogens with one attached hydrogen (secondary N) is 2. The summed E-state index contributed by atoms with van der Waals surface area (Å²) in [5.74, 6) is 0. The summed E-state index contributed by atoms with van der Waals surface area (Å²) in [7, 11) is -6.16. The van der Waals surface area contributed by atoms with E-state index < -0.39 is 10.7 Å². The molecule has 6 heteroatoms. The maximum Gasteiger partial charge on any atom is 0.129 e. The van der Waals surface area contributed by atoms with Crippen molar-refractivity contribution >= 4 is 10.7 Å². The van der Waals surface area contributed by atoms with Crippen LogP contribution < -0.4 is 9.44 Å². The molecule has 66 valence electrons. The highest BCUT2D eigenvalue weighted by atomic mass is 32.4. The Kier molecular flexibility index (Phi) is 3.00. The van der Waals surface area contributed by atoms with E-state index in [0.717, 1.165) is 0 Å². The normalized spacial score (nSPS) is 16.3. The van der Waals surface area contributed by atoms with E-state index in [1.807, 2.05) is 0 Å². The molecule has 0 heterocycles. The lowest BCUT2D eigenvalue weighted by molar-refractivity contribution is 0.532. The monoisotopic (exact) mass is 178 g/mol. The zero-order valence-electron chi connectivity index (χ0n) is 6.00. The number of halogens is 3. The van der Waals surface area contributed by atoms with E-state index in [1.165, 1.54) is 23.3 Å². The van der Waals surface area contributed by atoms with Gasteiger partial charge in [0.1, 0.15) is 10.7 Å². The summed E-state index contributed by atoms with van der Waals surface area (Å²) in [6.45, 7) is 2.71. The van der Waals surface area contributed by atoms with E-state index in [1.54, 1.807) is 0 Å². The summed E-state index contributed by atoms with van der Waals surface area (Å²) < 4.78 is 40.1. The Morgan fingerprint density at radius 3 is 1.50 bits per heavy atom. The standard InChI is InChI=1S/C4H13F3N2S/c1-3-8-10(5,6,7)9-4-2/h8-10H,3-4H2,1-2H3. The highest BCUT2D eigenvalue weighted by molar-refractivity contribution is 8.34. The number of hydrogen-bond donors (Lipinski definition) is 3. The minimum Gasteiger partial charge on any atom is -0.222 e. The molecule has 0 radical (unpaired) electrons. The van der Waals surface area contributed by atoms with Crippen LogP contribution in [0.3, 0.4) is 0 Å². The maximum atomic E-state index is 12.4. The van der Waals surface area contributed by atoms with Crippen molar-refractivity contribution in [1.82, 2.24) is 9.44 Å². The molecule has 0 aromatic heterocycles. The number of thiol groups is 1. The summed E-state index contributed by atoms with van der Waals surface area (Å²) in [4.78, 5) is 0. The second-order valence-electron chi connectivity index (χ2n) is 1.83. The number of hydrogen-bond acceptors (Lipinski definition) is 2. The van der Waals surface area contributed by atoms with Gasteiger partial charge in [-0.05, 0) is 0 Å². The van der Waals surface area contributed by atoms with E-state index in [-0.39, 0.29) is 13.1 Å². The molecule has 0 bridgehead atoms. The Morgan fingerprint density at radius 1 is 1.00 bits per heavy atom. The van der Waals surface area contributed by atoms with E-state index in [4.69, 9.17) is 0 Å². The molecule has 0 spiro atoms. The molecule has 0 amide bonds. The van der Waals surface area contributed by atoms with Crippen LogP contribution in [0.15, 0.2) is 0 Å². The van der Waals surface area contributed by atoms with E-state index in [2.05, 4.69) is 0 Å². The van der Waals surface area contributed by atoms with E-state index in [0.29, 0.717) is 0 Å². The first-order valence-electron chi connectivity index (χ1n) is 3.08. The van der Waals surface area contributed by atoms with Gasteiger partial charge in [0.05, 0.1) is 0 Å². The van der Waals surface area contributed by atoms with Crippen LogP contribution in [0.5, 0.6) is 0 Å². The van der Waals surface area contributed by atoms with Crippen molar-refractivity contribution in [1.29, 1.82) is 0 Å². The van der Waals surface area contributed by atoms with Gasteiger partial charge in [0.2, 0.25) is 0 Å². The van der Waals surface area contributed by atoms with Crippen molar-refractivity contribution in [2.75, 3.05) is 13.1 Å². The SMILES string of the molecule is CCN[SH](F)(F)(F)NCC. The van der Waals surface area contributed by atoms with Crippen molar-refractivity contribution in [3.05, 3.63) is 0 Å². The Hall–Kier alpha value is 0.0600. The van der Waals surface area contributed by atoms with Crippen LogP contribution in [0.1, 0.15) is 13.8 Å². The van der Waals surface area contributed by atoms with Gasteiger partial charge in [0.25, 0.3) is 0 Å². The van der Waals surface area contributed by atoms with Crippen molar-refractivity contribution < 1.29 is 11.7 Å². The predicted octanol–water partition coefficient (Wildman–Crippen LogP) is 1.76. The molecule has 0 rings (SSSR count). The minimum atomic E-state index is -6.16. The summed E-state index contributed by atoms with van der Waals surface area (Å²) in [6, 6.07) is 0. The molecule has 2 N–H and O–H groups in total. The average molecular weight is 178 g/mol. The van der Waals surface area contributed by atoms with Gasteiger partial charge in [-0.25, -0.2) is 9.44 Å². The first kappa shape index (κ1) is 10.1. The first-order valence-corrected chi connectivity index (χ1v) is 4.98. The highest BCUT2D eigenvalue weighted by Crippen LogP contribution is 2.66. The lowest BCUT2D eigenvalue weighted by atomic mass is 10.8. The molecule has 0 saturated carbocycles. The summed E-state index contributed by atoms with van der Waals surface area (Å²) in [6.07, 6.45) is 0. The molecule has 0 aromatic rings. The zero-order chi connectivity index (χ0) is 8.28. The Morgan fingerprint density at radius 2 is 1.30 bits per heavy atom. The largest absolute Gasteiger partial charge is 0.222 e. The van der Waals surface area contributed by atoms with Gasteiger partial charge in [-0.15, -0.1) is 11.7 Å². The summed E-state index contributed by atoms with van der Waals surface area (Å²) >= 11 is 0. The van der Waals surface area contributed by atoms with Crippen LogP contribution in [-0.4, -0.2) is 13.1 Å². The molecule has 0 unspecified atom stereocenters. The van der Waals surface area contributed by atoms with Crippen molar-refractivity contribution in [3.63, 3.8) is 0 Å². The highest BCUT2D eigenvalue weighted by Gasteiger charge is 2.34. The molecule has 0 aromatic carbocycles. The lowest BCUT2D eigenvalue weighted by Crippen LogP contribution is -2.34. The third kappa shape index (κ3) is 3.97. The van der Waals surface area contributed by atoms with Crippen LogP contribution in [0.2, 0.25) is 0 Å². The van der Waals surface area contributed by atoms with Gasteiger partial charge >= 0.3 is 0 Å². The average Bonchev–Trinajstić information content (AvgIpc) is 1.61. The third-order valence-corrected chi connectivity index (χ3v) is 2.50. The predicted molar refractivity (Wildman–Crippen MR) is 39.7 cm³/mol. The molecule has 2 nitrogen and oxygen atoms in total.